The number of nitrogens with zero attached hydrogens (tertiary/aromatic N) is 1. The van der Waals surface area contributed by atoms with Gasteiger partial charge < -0.3 is 28.5 Å². The van der Waals surface area contributed by atoms with Gasteiger partial charge in [-0.15, -0.1) is 0 Å². The highest BCUT2D eigenvalue weighted by molar-refractivity contribution is 5.72. The van der Waals surface area contributed by atoms with Gasteiger partial charge in [0.2, 0.25) is 0 Å². The molecule has 0 aliphatic rings. The number of allylic oxidation sites excluding steroid dienone is 15. The average Bonchev–Trinajstić information content (AvgIpc) is 3.42. The summed E-state index contributed by atoms with van der Waals surface area (Å²) in [5, 5.41) is 9.69. The molecule has 2 unspecified atom stereocenters. The normalized spacial score (nSPS) is 13.4. The molecule has 9 heteroatoms. The molecule has 0 aromatic carbocycles. The van der Waals surface area contributed by atoms with Crippen LogP contribution < -0.4 is 0 Å². The fraction of sp³-hybridized carbons (Fsp3) is 0.729. The van der Waals surface area contributed by atoms with E-state index in [9.17, 15) is 19.5 Å². The van der Waals surface area contributed by atoms with Gasteiger partial charge >= 0.3 is 17.9 Å². The molecule has 0 spiro atoms. The molecule has 0 radical (unpaired) electrons. The Morgan fingerprint density at radius 2 is 0.759 bits per heavy atom. The van der Waals surface area contributed by atoms with Crippen molar-refractivity contribution >= 4 is 17.9 Å². The fourth-order valence-electron chi connectivity index (χ4n) is 8.92. The number of ether oxygens (including phenoxy) is 4. The largest absolute Gasteiger partial charge is 0.477 e. The summed E-state index contributed by atoms with van der Waals surface area (Å²) >= 11 is 0. The first-order chi connectivity index (χ1) is 38.6. The van der Waals surface area contributed by atoms with Crippen molar-refractivity contribution in [1.82, 2.24) is 0 Å². The lowest BCUT2D eigenvalue weighted by Gasteiger charge is -2.25. The number of unbranched alkanes of at least 4 members (excludes halogenated alkanes) is 29. The highest BCUT2D eigenvalue weighted by Crippen LogP contribution is 2.17. The number of rotatable bonds is 59. The Balaban J connectivity index is 4.00. The maximum atomic E-state index is 12.8. The molecule has 0 bridgehead atoms. The van der Waals surface area contributed by atoms with Gasteiger partial charge in [0.05, 0.1) is 40.8 Å². The van der Waals surface area contributed by atoms with Crippen molar-refractivity contribution in [3.63, 3.8) is 0 Å². The van der Waals surface area contributed by atoms with Gasteiger partial charge in [0.15, 0.2) is 6.10 Å². The third-order valence-corrected chi connectivity index (χ3v) is 13.9. The summed E-state index contributed by atoms with van der Waals surface area (Å²) in [5.41, 5.74) is 0. The second-order valence-corrected chi connectivity index (χ2v) is 22.7. The zero-order chi connectivity index (χ0) is 57.6. The average molecular weight is 1110 g/mol. The van der Waals surface area contributed by atoms with Gasteiger partial charge in [0.25, 0.3) is 6.29 Å². The summed E-state index contributed by atoms with van der Waals surface area (Å²) in [4.78, 5) is 37.3. The first kappa shape index (κ1) is 75.2. The molecule has 2 atom stereocenters. The van der Waals surface area contributed by atoms with E-state index < -0.39 is 24.3 Å². The molecule has 0 heterocycles. The van der Waals surface area contributed by atoms with Crippen LogP contribution >= 0.6 is 0 Å². The number of esters is 2. The molecule has 0 saturated carbocycles. The molecule has 9 nitrogen and oxygen atoms in total. The maximum absolute atomic E-state index is 12.8. The Labute approximate surface area is 486 Å². The molecule has 454 valence electrons. The third kappa shape index (κ3) is 61.7. The van der Waals surface area contributed by atoms with E-state index in [-0.39, 0.29) is 38.6 Å². The van der Waals surface area contributed by atoms with Gasteiger partial charge in [-0.2, -0.15) is 0 Å². The molecular weight excluding hydrogens is 983 g/mol. The number of carboxylic acids is 1. The predicted molar refractivity (Wildman–Crippen MR) is 336 cm³/mol. The highest BCUT2D eigenvalue weighted by atomic mass is 16.7. The first-order valence-electron chi connectivity index (χ1n) is 32.4. The highest BCUT2D eigenvalue weighted by Gasteiger charge is 2.25. The summed E-state index contributed by atoms with van der Waals surface area (Å²) < 4.78 is 22.7. The zero-order valence-corrected chi connectivity index (χ0v) is 51.8. The topological polar surface area (TPSA) is 108 Å². The van der Waals surface area contributed by atoms with Crippen molar-refractivity contribution in [1.29, 1.82) is 0 Å². The summed E-state index contributed by atoms with van der Waals surface area (Å²) in [6, 6.07) is 0. The minimum absolute atomic E-state index is 0.0257. The molecule has 79 heavy (non-hydrogen) atoms. The minimum Gasteiger partial charge on any atom is -0.477 e. The minimum atomic E-state index is -1.54. The van der Waals surface area contributed by atoms with Crippen molar-refractivity contribution in [2.75, 3.05) is 47.5 Å². The zero-order valence-electron chi connectivity index (χ0n) is 51.8. The van der Waals surface area contributed by atoms with E-state index >= 15 is 0 Å². The molecule has 1 N–H and O–H groups in total. The molecular formula is C70H122NO8+. The van der Waals surface area contributed by atoms with Gasteiger partial charge in [-0.05, 0) is 77.0 Å². The van der Waals surface area contributed by atoms with E-state index in [0.29, 0.717) is 17.4 Å². The van der Waals surface area contributed by atoms with Crippen LogP contribution in [0.1, 0.15) is 271 Å². The van der Waals surface area contributed by atoms with Crippen LogP contribution in [0.4, 0.5) is 0 Å². The van der Waals surface area contributed by atoms with Crippen molar-refractivity contribution in [2.24, 2.45) is 0 Å². The van der Waals surface area contributed by atoms with Crippen LogP contribution in [-0.4, -0.2) is 87.4 Å². The summed E-state index contributed by atoms with van der Waals surface area (Å²) in [7, 11) is 5.94. The van der Waals surface area contributed by atoms with Gasteiger partial charge in [0.1, 0.15) is 13.2 Å². The van der Waals surface area contributed by atoms with E-state index in [2.05, 4.69) is 92.8 Å². The number of aliphatic carboxylic acids is 1. The smallest absolute Gasteiger partial charge is 0.361 e. The van der Waals surface area contributed by atoms with Crippen LogP contribution in [0, 0.1) is 0 Å². The predicted octanol–water partition coefficient (Wildman–Crippen LogP) is 19.7. The van der Waals surface area contributed by atoms with Crippen LogP contribution in [0.15, 0.2) is 97.2 Å². The van der Waals surface area contributed by atoms with E-state index in [4.69, 9.17) is 18.9 Å². The number of carboxylic acid groups (broad SMARTS) is 1. The van der Waals surface area contributed by atoms with Crippen LogP contribution in [0.5, 0.6) is 0 Å². The number of quaternary nitrogens is 1. The Kier molecular flexibility index (Phi) is 57.4. The monoisotopic (exact) mass is 1100 g/mol. The number of likely N-dealkylation sites (N-methyl/N-ethyl adjacent to an activating group) is 1. The molecule has 0 aromatic heterocycles. The van der Waals surface area contributed by atoms with Gasteiger partial charge in [-0.3, -0.25) is 9.59 Å². The summed E-state index contributed by atoms with van der Waals surface area (Å²) in [6.45, 7) is 4.64. The second kappa shape index (κ2) is 60.3. The van der Waals surface area contributed by atoms with Crippen molar-refractivity contribution in [2.45, 2.75) is 283 Å². The number of hydrogen-bond donors (Lipinski definition) is 1. The van der Waals surface area contributed by atoms with Gasteiger partial charge in [-0.1, -0.05) is 278 Å². The number of hydrogen-bond acceptors (Lipinski definition) is 7. The summed E-state index contributed by atoms with van der Waals surface area (Å²) in [6.07, 6.45) is 80.0. The Hall–Kier alpha value is -3.79. The van der Waals surface area contributed by atoms with E-state index in [1.807, 2.05) is 33.3 Å². The Morgan fingerprint density at radius 3 is 1.14 bits per heavy atom. The molecule has 0 saturated heterocycles. The lowest BCUT2D eigenvalue weighted by Crippen LogP contribution is -2.40. The van der Waals surface area contributed by atoms with Gasteiger partial charge in [-0.25, -0.2) is 4.79 Å². The van der Waals surface area contributed by atoms with Crippen LogP contribution in [-0.2, 0) is 33.3 Å². The standard InChI is InChI=1S/C70H121NO8/c1-6-8-10-12-14-16-18-20-22-23-24-25-26-27-28-29-30-31-32-33-34-35-36-37-38-39-40-41-42-43-44-45-47-48-50-52-54-56-58-60-67(72)77-64-66(65-78-70(69(74)75)76-63-62-71(3,4)5)79-68(73)61-59-57-55-53-51-49-46-21-19-17-15-13-11-9-7-2/h9,11,15,17-18,20-21,23-24,26-27,46,51,53,57,59,66,70H,6-8,10,12-14,16,19,22,25,28-45,47-50,52,54-56,58,60-65H2,1-5H3/p+1/b11-9-,17-15-,20-18-,24-23-,27-26-,46-21-,53-51-,59-57-. The SMILES string of the molecule is CC/C=C\C/C=C\C/C=C\C/C=C\C/C=C\CC(=O)OC(COC(=O)CCCCCCCCCCCCCCCCCCCCCCCCCC/C=C\C/C=C\C/C=C\CCCCCCC)COC(OCC[N+](C)(C)C)C(=O)O. The number of carbonyl (C=O) groups is 3. The fourth-order valence-corrected chi connectivity index (χ4v) is 8.92. The molecule has 0 aromatic rings. The quantitative estimate of drug-likeness (QED) is 0.0211. The Morgan fingerprint density at radius 1 is 0.405 bits per heavy atom. The lowest BCUT2D eigenvalue weighted by molar-refractivity contribution is -0.870. The second-order valence-electron chi connectivity index (χ2n) is 22.7. The van der Waals surface area contributed by atoms with E-state index in [0.717, 1.165) is 57.8 Å². The molecule has 0 aliphatic heterocycles. The van der Waals surface area contributed by atoms with Crippen molar-refractivity contribution in [3.8, 4) is 0 Å². The van der Waals surface area contributed by atoms with E-state index in [1.165, 1.54) is 180 Å². The van der Waals surface area contributed by atoms with Gasteiger partial charge in [0, 0.05) is 6.42 Å². The first-order valence-corrected chi connectivity index (χ1v) is 32.4. The molecule has 0 rings (SSSR count). The van der Waals surface area contributed by atoms with Crippen molar-refractivity contribution < 1.29 is 42.9 Å². The maximum Gasteiger partial charge on any atom is 0.361 e. The molecule has 0 fully saturated rings. The molecule has 0 aliphatic carbocycles. The lowest BCUT2D eigenvalue weighted by atomic mass is 10.0. The number of carbonyl (C=O) groups excluding carboxylic acids is 2. The molecule has 0 amide bonds. The Bertz CT molecular complexity index is 1620. The van der Waals surface area contributed by atoms with Crippen molar-refractivity contribution in [3.05, 3.63) is 97.2 Å². The third-order valence-electron chi connectivity index (χ3n) is 13.9. The van der Waals surface area contributed by atoms with Crippen LogP contribution in [0.2, 0.25) is 0 Å². The van der Waals surface area contributed by atoms with Crippen LogP contribution in [0.25, 0.3) is 0 Å². The summed E-state index contributed by atoms with van der Waals surface area (Å²) in [5.74, 6) is -2.17. The van der Waals surface area contributed by atoms with Crippen LogP contribution in [0.3, 0.4) is 0 Å². The van der Waals surface area contributed by atoms with E-state index in [1.54, 1.807) is 6.08 Å².